The molecule has 0 atom stereocenters. The monoisotopic (exact) mass is 572 g/mol. The molecule has 4 rings (SSSR count). The number of benzene rings is 4. The third-order valence-electron chi connectivity index (χ3n) is 5.80. The molecule has 0 saturated carbocycles. The summed E-state index contributed by atoms with van der Waals surface area (Å²) in [5, 5.41) is 16.8. The average molecular weight is 573 g/mol. The molecule has 0 fully saturated rings. The molecule has 41 heavy (non-hydrogen) atoms. The summed E-state index contributed by atoms with van der Waals surface area (Å²) >= 11 is 1.58. The van der Waals surface area contributed by atoms with Crippen LogP contribution >= 0.6 is 11.8 Å². The highest BCUT2D eigenvalue weighted by atomic mass is 32.2. The van der Waals surface area contributed by atoms with Gasteiger partial charge in [0.15, 0.2) is 0 Å². The molecule has 0 unspecified atom stereocenters. The second kappa shape index (κ2) is 13.2. The summed E-state index contributed by atoms with van der Waals surface area (Å²) in [6, 6.07) is 25.5. The molecule has 2 amide bonds. The Labute approximate surface area is 243 Å². The van der Waals surface area contributed by atoms with E-state index >= 15 is 0 Å². The number of aromatic carboxylic acids is 1. The lowest BCUT2D eigenvalue weighted by Gasteiger charge is -2.19. The van der Waals surface area contributed by atoms with Crippen LogP contribution in [0.4, 0.5) is 10.5 Å². The zero-order chi connectivity index (χ0) is 29.4. The summed E-state index contributed by atoms with van der Waals surface area (Å²) in [5.74, 6) is -0.718. The van der Waals surface area contributed by atoms with E-state index in [4.69, 9.17) is 9.47 Å². The number of rotatable bonds is 10. The van der Waals surface area contributed by atoms with Gasteiger partial charge in [0, 0.05) is 21.9 Å². The molecule has 0 heterocycles. The third-order valence-corrected chi connectivity index (χ3v) is 6.80. The van der Waals surface area contributed by atoms with Crippen LogP contribution < -0.4 is 15.4 Å². The highest BCUT2D eigenvalue weighted by Crippen LogP contribution is 2.31. The van der Waals surface area contributed by atoms with Gasteiger partial charge in [-0.05, 0) is 98.6 Å². The number of amides is 2. The van der Waals surface area contributed by atoms with E-state index in [9.17, 15) is 19.5 Å². The van der Waals surface area contributed by atoms with Gasteiger partial charge in [-0.3, -0.25) is 4.79 Å². The molecule has 0 spiro atoms. The van der Waals surface area contributed by atoms with Gasteiger partial charge in [0.1, 0.15) is 11.4 Å². The van der Waals surface area contributed by atoms with Crippen LogP contribution in [-0.4, -0.2) is 41.8 Å². The van der Waals surface area contributed by atoms with Crippen molar-refractivity contribution in [3.8, 4) is 5.75 Å². The van der Waals surface area contributed by atoms with Gasteiger partial charge < -0.3 is 25.2 Å². The molecule has 0 bridgehead atoms. The third kappa shape index (κ3) is 8.74. The van der Waals surface area contributed by atoms with Gasteiger partial charge in [-0.25, -0.2) is 9.59 Å². The Balaban J connectivity index is 1.29. The number of anilines is 1. The zero-order valence-corrected chi connectivity index (χ0v) is 23.9. The molecular formula is C32H32N2O6S. The Morgan fingerprint density at radius 1 is 0.854 bits per heavy atom. The van der Waals surface area contributed by atoms with Crippen LogP contribution in [0.3, 0.4) is 0 Å². The predicted octanol–water partition coefficient (Wildman–Crippen LogP) is 7.24. The van der Waals surface area contributed by atoms with Crippen molar-refractivity contribution in [2.24, 2.45) is 0 Å². The molecule has 0 aromatic heterocycles. The summed E-state index contributed by atoms with van der Waals surface area (Å²) < 4.78 is 11.1. The van der Waals surface area contributed by atoms with Crippen molar-refractivity contribution < 1.29 is 29.0 Å². The van der Waals surface area contributed by atoms with E-state index in [0.717, 1.165) is 26.3 Å². The second-order valence-electron chi connectivity index (χ2n) is 10.2. The number of carbonyl (C=O) groups excluding carboxylic acids is 2. The van der Waals surface area contributed by atoms with Gasteiger partial charge >= 0.3 is 12.1 Å². The van der Waals surface area contributed by atoms with Crippen LogP contribution in [0.5, 0.6) is 5.75 Å². The fourth-order valence-electron chi connectivity index (χ4n) is 3.91. The number of carboxylic acids is 1. The first-order chi connectivity index (χ1) is 19.6. The number of carboxylic acid groups (broad SMARTS) is 1. The maximum absolute atomic E-state index is 12.7. The topological polar surface area (TPSA) is 114 Å². The lowest BCUT2D eigenvalue weighted by atomic mass is 10.1. The van der Waals surface area contributed by atoms with Crippen LogP contribution in [-0.2, 0) is 4.74 Å². The molecule has 4 aromatic rings. The molecule has 0 aliphatic carbocycles. The van der Waals surface area contributed by atoms with Gasteiger partial charge in [0.05, 0.1) is 17.9 Å². The summed E-state index contributed by atoms with van der Waals surface area (Å²) in [6.07, 6.45) is 0.223. The number of ether oxygens (including phenoxy) is 2. The van der Waals surface area contributed by atoms with Crippen molar-refractivity contribution in [1.82, 2.24) is 5.32 Å². The van der Waals surface area contributed by atoms with Gasteiger partial charge in [0.25, 0.3) is 5.91 Å². The first-order valence-electron chi connectivity index (χ1n) is 13.1. The average Bonchev–Trinajstić information content (AvgIpc) is 2.92. The van der Waals surface area contributed by atoms with E-state index in [-0.39, 0.29) is 17.2 Å². The Hall–Kier alpha value is -4.50. The first-order valence-corrected chi connectivity index (χ1v) is 13.9. The molecular weight excluding hydrogens is 540 g/mol. The minimum atomic E-state index is -1.10. The van der Waals surface area contributed by atoms with Crippen LogP contribution in [0.2, 0.25) is 0 Å². The highest BCUT2D eigenvalue weighted by Gasteiger charge is 2.15. The molecule has 0 radical (unpaired) electrons. The molecule has 212 valence electrons. The Morgan fingerprint density at radius 2 is 1.54 bits per heavy atom. The Bertz CT molecular complexity index is 1550. The Morgan fingerprint density at radius 3 is 2.27 bits per heavy atom. The van der Waals surface area contributed by atoms with Crippen molar-refractivity contribution in [1.29, 1.82) is 0 Å². The summed E-state index contributed by atoms with van der Waals surface area (Å²) in [4.78, 5) is 37.8. The van der Waals surface area contributed by atoms with E-state index < -0.39 is 17.7 Å². The van der Waals surface area contributed by atoms with Crippen molar-refractivity contribution in [3.05, 3.63) is 96.1 Å². The van der Waals surface area contributed by atoms with E-state index in [0.29, 0.717) is 25.1 Å². The molecule has 3 N–H and O–H groups in total. The second-order valence-corrected chi connectivity index (χ2v) is 11.4. The molecule has 9 heteroatoms. The van der Waals surface area contributed by atoms with Crippen LogP contribution in [0.1, 0.15) is 47.9 Å². The van der Waals surface area contributed by atoms with Gasteiger partial charge in [0.2, 0.25) is 0 Å². The lowest BCUT2D eigenvalue weighted by molar-refractivity contribution is 0.0524. The number of carbonyl (C=O) groups is 3. The van der Waals surface area contributed by atoms with Gasteiger partial charge in [-0.2, -0.15) is 0 Å². The van der Waals surface area contributed by atoms with E-state index in [1.54, 1.807) is 42.1 Å². The largest absolute Gasteiger partial charge is 0.494 e. The Kier molecular flexibility index (Phi) is 9.52. The van der Waals surface area contributed by atoms with Crippen molar-refractivity contribution in [3.63, 3.8) is 0 Å². The van der Waals surface area contributed by atoms with Gasteiger partial charge in [-0.1, -0.05) is 36.0 Å². The minimum Gasteiger partial charge on any atom is -0.494 e. The first kappa shape index (κ1) is 29.5. The molecule has 4 aromatic carbocycles. The summed E-state index contributed by atoms with van der Waals surface area (Å²) in [7, 11) is 0. The van der Waals surface area contributed by atoms with Crippen LogP contribution in [0.25, 0.3) is 10.8 Å². The minimum absolute atomic E-state index is 0.0376. The summed E-state index contributed by atoms with van der Waals surface area (Å²) in [5.41, 5.74) is 0.201. The zero-order valence-electron chi connectivity index (χ0n) is 23.1. The van der Waals surface area contributed by atoms with Crippen molar-refractivity contribution in [2.75, 3.05) is 18.5 Å². The van der Waals surface area contributed by atoms with E-state index in [2.05, 4.69) is 16.7 Å². The van der Waals surface area contributed by atoms with Crippen molar-refractivity contribution in [2.45, 2.75) is 42.6 Å². The number of fused-ring (bicyclic) bond motifs is 1. The normalized spacial score (nSPS) is 11.1. The smallest absolute Gasteiger partial charge is 0.407 e. The molecule has 8 nitrogen and oxygen atoms in total. The fraction of sp³-hybridized carbons (Fsp3) is 0.219. The van der Waals surface area contributed by atoms with Crippen molar-refractivity contribution >= 4 is 46.2 Å². The molecule has 0 saturated heterocycles. The number of nitrogens with one attached hydrogen (secondary N) is 2. The SMILES string of the molecule is CC(C)(C)OC(=O)NCCCOc1ccc2cc(Sc3ccc(C(=O)Nc4ccccc4C(=O)O)cc3)ccc2c1. The number of para-hydroxylation sites is 1. The fourth-order valence-corrected chi connectivity index (χ4v) is 4.77. The quantitative estimate of drug-likeness (QED) is 0.172. The maximum atomic E-state index is 12.7. The number of hydrogen-bond donors (Lipinski definition) is 3. The summed E-state index contributed by atoms with van der Waals surface area (Å²) in [6.45, 7) is 6.41. The van der Waals surface area contributed by atoms with E-state index in [1.165, 1.54) is 6.07 Å². The standard InChI is InChI=1S/C32H32N2O6S/c1-32(2,3)40-31(38)33-17-6-18-39-24-13-9-23-20-26(16-12-22(23)19-24)41-25-14-10-21(11-15-25)29(35)34-28-8-5-4-7-27(28)30(36)37/h4-5,7-16,19-20H,6,17-18H2,1-3H3,(H,33,38)(H,34,35)(H,36,37). The number of hydrogen-bond acceptors (Lipinski definition) is 6. The van der Waals surface area contributed by atoms with Crippen LogP contribution in [0.15, 0.2) is 94.7 Å². The van der Waals surface area contributed by atoms with E-state index in [1.807, 2.05) is 63.2 Å². The lowest BCUT2D eigenvalue weighted by Crippen LogP contribution is -2.33. The van der Waals surface area contributed by atoms with Gasteiger partial charge in [-0.15, -0.1) is 0 Å². The molecule has 0 aliphatic heterocycles. The maximum Gasteiger partial charge on any atom is 0.407 e. The van der Waals surface area contributed by atoms with Crippen LogP contribution in [0, 0.1) is 0 Å². The molecule has 0 aliphatic rings. The predicted molar refractivity (Wildman–Crippen MR) is 160 cm³/mol. The highest BCUT2D eigenvalue weighted by molar-refractivity contribution is 7.99. The number of alkyl carbamates (subject to hydrolysis) is 1.